The van der Waals surface area contributed by atoms with Crippen LogP contribution in [0.15, 0.2) is 24.3 Å². The fraction of sp³-hybridized carbons (Fsp3) is 0.640. The molecular weight excluding hydrogens is 440 g/mol. The summed E-state index contributed by atoms with van der Waals surface area (Å²) in [6.45, 7) is 7.95. The lowest BCUT2D eigenvalue weighted by atomic mass is 9.86. The molecule has 8 heteroatoms. The van der Waals surface area contributed by atoms with Crippen LogP contribution < -0.4 is 11.1 Å². The van der Waals surface area contributed by atoms with Crippen LogP contribution in [-0.2, 0) is 20.8 Å². The molecule has 0 spiro atoms. The van der Waals surface area contributed by atoms with Gasteiger partial charge < -0.3 is 11.1 Å². The molecule has 1 saturated heterocycles. The van der Waals surface area contributed by atoms with E-state index < -0.39 is 41.3 Å². The number of likely N-dealkylation sites (N-methyl/N-ethyl adjacent to an activating group) is 1. The predicted molar refractivity (Wildman–Crippen MR) is 132 cm³/mol. The summed E-state index contributed by atoms with van der Waals surface area (Å²) >= 11 is 0. The number of hydrogen-bond donors (Lipinski definition) is 2. The molecule has 0 aromatic heterocycles. The van der Waals surface area contributed by atoms with Crippen LogP contribution in [0, 0.1) is 5.41 Å². The summed E-state index contributed by atoms with van der Waals surface area (Å²) in [7, 11) is 1.64. The maximum Gasteiger partial charge on any atom is 0.253 e. The molecular formula is C25H39ClN4O3. The van der Waals surface area contributed by atoms with Gasteiger partial charge in [0.15, 0.2) is 0 Å². The predicted octanol–water partition coefficient (Wildman–Crippen LogP) is 2.81. The van der Waals surface area contributed by atoms with E-state index in [0.717, 1.165) is 37.1 Å². The number of halogens is 1. The lowest BCUT2D eigenvalue weighted by Gasteiger charge is -2.38. The summed E-state index contributed by atoms with van der Waals surface area (Å²) in [5.74, 6) is -1.61. The molecule has 1 aromatic rings. The van der Waals surface area contributed by atoms with E-state index in [1.807, 2.05) is 26.8 Å². The van der Waals surface area contributed by atoms with E-state index in [9.17, 15) is 14.4 Å². The molecule has 1 fully saturated rings. The van der Waals surface area contributed by atoms with Crippen LogP contribution in [0.3, 0.4) is 0 Å². The van der Waals surface area contributed by atoms with E-state index in [1.165, 1.54) is 11.1 Å². The Morgan fingerprint density at radius 3 is 2.42 bits per heavy atom. The standard InChI is InChI=1S/C25H38N4O3.ClH/c1-16(27-5)22(30)29(24(32)21(26)25(2,3)4)23(31)20-14-9-15-28(20)19-13-8-11-17-10-6-7-12-18(17)19;/h6-7,10,12,16,19-21,27H,8-9,11,13-15,26H2,1-5H3;1H/t16-,19+,20-,21+;/m0./s1. The number of rotatable bonds is 5. The van der Waals surface area contributed by atoms with Crippen molar-refractivity contribution in [3.8, 4) is 0 Å². The van der Waals surface area contributed by atoms with Crippen LogP contribution in [0.4, 0.5) is 0 Å². The third-order valence-corrected chi connectivity index (χ3v) is 6.98. The average Bonchev–Trinajstić information content (AvgIpc) is 3.26. The largest absolute Gasteiger partial charge is 0.319 e. The van der Waals surface area contributed by atoms with Crippen LogP contribution in [0.1, 0.15) is 70.5 Å². The summed E-state index contributed by atoms with van der Waals surface area (Å²) in [5.41, 5.74) is 8.23. The van der Waals surface area contributed by atoms with Gasteiger partial charge in [0, 0.05) is 6.04 Å². The Hall–Kier alpha value is -1.80. The van der Waals surface area contributed by atoms with Crippen molar-refractivity contribution in [3.05, 3.63) is 35.4 Å². The molecule has 2 aliphatic rings. The Morgan fingerprint density at radius 2 is 1.79 bits per heavy atom. The van der Waals surface area contributed by atoms with Gasteiger partial charge in [0.05, 0.1) is 18.1 Å². The van der Waals surface area contributed by atoms with E-state index in [2.05, 4.69) is 28.4 Å². The van der Waals surface area contributed by atoms with Gasteiger partial charge in [-0.05, 0) is 69.2 Å². The number of fused-ring (bicyclic) bond motifs is 1. The molecule has 3 N–H and O–H groups in total. The highest BCUT2D eigenvalue weighted by Crippen LogP contribution is 2.39. The molecule has 1 aliphatic carbocycles. The Balaban J connectivity index is 0.00000385. The van der Waals surface area contributed by atoms with Crippen LogP contribution in [0.5, 0.6) is 0 Å². The van der Waals surface area contributed by atoms with Gasteiger partial charge in [0.25, 0.3) is 17.7 Å². The topological polar surface area (TPSA) is 95.7 Å². The van der Waals surface area contributed by atoms with Crippen LogP contribution in [-0.4, -0.2) is 59.2 Å². The van der Waals surface area contributed by atoms with Gasteiger partial charge in [-0.3, -0.25) is 19.3 Å². The summed E-state index contributed by atoms with van der Waals surface area (Å²) < 4.78 is 0. The summed E-state index contributed by atoms with van der Waals surface area (Å²) in [5, 5.41) is 2.86. The Kier molecular flexibility index (Phi) is 9.22. The van der Waals surface area contributed by atoms with E-state index in [-0.39, 0.29) is 18.4 Å². The number of imide groups is 3. The molecule has 0 saturated carbocycles. The molecule has 7 nitrogen and oxygen atoms in total. The lowest BCUT2D eigenvalue weighted by molar-refractivity contribution is -0.159. The zero-order valence-electron chi connectivity index (χ0n) is 20.5. The zero-order chi connectivity index (χ0) is 23.6. The first-order chi connectivity index (χ1) is 15.1. The monoisotopic (exact) mass is 478 g/mol. The smallest absolute Gasteiger partial charge is 0.253 e. The summed E-state index contributed by atoms with van der Waals surface area (Å²) in [6.07, 6.45) is 4.57. The molecule has 0 bridgehead atoms. The van der Waals surface area contributed by atoms with Gasteiger partial charge in [0.1, 0.15) is 0 Å². The third kappa shape index (κ3) is 5.65. The zero-order valence-corrected chi connectivity index (χ0v) is 21.3. The number of carbonyl (C=O) groups excluding carboxylic acids is 3. The minimum Gasteiger partial charge on any atom is -0.319 e. The number of hydrogen-bond acceptors (Lipinski definition) is 6. The number of amides is 3. The van der Waals surface area contributed by atoms with Crippen molar-refractivity contribution in [1.29, 1.82) is 0 Å². The number of nitrogens with one attached hydrogen (secondary N) is 1. The second kappa shape index (κ2) is 11.1. The van der Waals surface area contributed by atoms with Gasteiger partial charge in [-0.15, -0.1) is 12.4 Å². The number of nitrogens with two attached hydrogens (primary N) is 1. The lowest BCUT2D eigenvalue weighted by Crippen LogP contribution is -2.60. The van der Waals surface area contributed by atoms with Gasteiger partial charge in [0.2, 0.25) is 0 Å². The van der Waals surface area contributed by atoms with E-state index in [0.29, 0.717) is 6.42 Å². The molecule has 33 heavy (non-hydrogen) atoms. The van der Waals surface area contributed by atoms with Crippen molar-refractivity contribution < 1.29 is 14.4 Å². The first-order valence-corrected chi connectivity index (χ1v) is 11.8. The second-order valence-electron chi connectivity index (χ2n) is 10.2. The van der Waals surface area contributed by atoms with Crippen LogP contribution >= 0.6 is 12.4 Å². The second-order valence-corrected chi connectivity index (χ2v) is 10.2. The average molecular weight is 479 g/mol. The minimum atomic E-state index is -0.954. The molecule has 0 radical (unpaired) electrons. The van der Waals surface area contributed by atoms with E-state index in [4.69, 9.17) is 5.73 Å². The Labute approximate surface area is 203 Å². The first-order valence-electron chi connectivity index (χ1n) is 11.8. The Bertz CT molecular complexity index is 869. The highest BCUT2D eigenvalue weighted by Gasteiger charge is 2.45. The van der Waals surface area contributed by atoms with Gasteiger partial charge in [-0.1, -0.05) is 45.0 Å². The molecule has 3 amide bonds. The maximum absolute atomic E-state index is 13.8. The quantitative estimate of drug-likeness (QED) is 0.675. The van der Waals surface area contributed by atoms with Crippen LogP contribution in [0.2, 0.25) is 0 Å². The van der Waals surface area contributed by atoms with Gasteiger partial charge >= 0.3 is 0 Å². The first kappa shape index (κ1) is 27.4. The fourth-order valence-corrected chi connectivity index (χ4v) is 4.80. The summed E-state index contributed by atoms with van der Waals surface area (Å²) in [6, 6.07) is 6.40. The highest BCUT2D eigenvalue weighted by atomic mass is 35.5. The van der Waals surface area contributed by atoms with Crippen molar-refractivity contribution >= 4 is 30.1 Å². The summed E-state index contributed by atoms with van der Waals surface area (Å²) in [4.78, 5) is 43.4. The molecule has 184 valence electrons. The number of nitrogens with zero attached hydrogens (tertiary/aromatic N) is 2. The van der Waals surface area contributed by atoms with E-state index >= 15 is 0 Å². The number of benzene rings is 1. The molecule has 3 rings (SSSR count). The van der Waals surface area contributed by atoms with Crippen molar-refractivity contribution in [2.45, 2.75) is 84.0 Å². The minimum absolute atomic E-state index is 0. The van der Waals surface area contributed by atoms with Gasteiger partial charge in [-0.2, -0.15) is 0 Å². The van der Waals surface area contributed by atoms with Crippen molar-refractivity contribution in [2.24, 2.45) is 11.1 Å². The van der Waals surface area contributed by atoms with E-state index in [1.54, 1.807) is 14.0 Å². The molecule has 1 aromatic carbocycles. The highest BCUT2D eigenvalue weighted by molar-refractivity contribution is 6.15. The van der Waals surface area contributed by atoms with Crippen molar-refractivity contribution in [1.82, 2.24) is 15.1 Å². The van der Waals surface area contributed by atoms with Gasteiger partial charge in [-0.25, -0.2) is 4.90 Å². The normalized spacial score (nSPS) is 22.6. The maximum atomic E-state index is 13.8. The number of aryl methyl sites for hydroxylation is 1. The number of likely N-dealkylation sites (tertiary alicyclic amines) is 1. The fourth-order valence-electron chi connectivity index (χ4n) is 4.80. The molecule has 1 heterocycles. The SMILES string of the molecule is CN[C@@H](C)C(=O)N(C(=O)[C@@H](N)C(C)(C)C)C(=O)[C@@H]1CCCN1[C@@H]1CCCc2ccccc21.Cl. The molecule has 1 aliphatic heterocycles. The van der Waals surface area contributed by atoms with Crippen molar-refractivity contribution in [2.75, 3.05) is 13.6 Å². The molecule has 4 atom stereocenters. The molecule has 0 unspecified atom stereocenters. The number of carbonyl (C=O) groups is 3. The van der Waals surface area contributed by atoms with Crippen LogP contribution in [0.25, 0.3) is 0 Å². The van der Waals surface area contributed by atoms with Crippen molar-refractivity contribution in [3.63, 3.8) is 0 Å². The Morgan fingerprint density at radius 1 is 1.12 bits per heavy atom. The third-order valence-electron chi connectivity index (χ3n) is 6.98.